The minimum Gasteiger partial charge on any atom is -0.383 e. The van der Waals surface area contributed by atoms with Gasteiger partial charge in [0.15, 0.2) is 0 Å². The summed E-state index contributed by atoms with van der Waals surface area (Å²) in [5, 5.41) is 25.6. The molecule has 2 aromatic carbocycles. The lowest BCUT2D eigenvalue weighted by Crippen LogP contribution is -2.42. The number of benzene rings is 2. The van der Waals surface area contributed by atoms with E-state index in [2.05, 4.69) is 15.6 Å². The Labute approximate surface area is 234 Å². The summed E-state index contributed by atoms with van der Waals surface area (Å²) in [6.45, 7) is 1.35. The van der Waals surface area contributed by atoms with Gasteiger partial charge in [-0.05, 0) is 62.3 Å². The second kappa shape index (κ2) is 12.3. The number of alkyl halides is 3. The number of hydrogen-bond acceptors (Lipinski definition) is 6. The second-order valence-corrected chi connectivity index (χ2v) is 11.2. The largest absolute Gasteiger partial charge is 0.416 e. The maximum Gasteiger partial charge on any atom is 0.416 e. The highest BCUT2D eigenvalue weighted by Gasteiger charge is 2.38. The number of thiazole rings is 1. The van der Waals surface area contributed by atoms with Crippen LogP contribution >= 0.6 is 11.3 Å². The normalized spacial score (nSPS) is 20.0. The van der Waals surface area contributed by atoms with Crippen molar-refractivity contribution in [2.45, 2.75) is 56.8 Å². The second-order valence-electron chi connectivity index (χ2n) is 10.2. The molecular formula is C29H31F3N4O3S. The van der Waals surface area contributed by atoms with E-state index < -0.39 is 35.7 Å². The lowest BCUT2D eigenvalue weighted by atomic mass is 9.76. The molecule has 11 heteroatoms. The quantitative estimate of drug-likeness (QED) is 0.252. The van der Waals surface area contributed by atoms with Crippen LogP contribution in [-0.2, 0) is 16.6 Å². The molecule has 3 aromatic rings. The first kappa shape index (κ1) is 29.4. The Kier molecular flexibility index (Phi) is 9.05. The van der Waals surface area contributed by atoms with E-state index in [-0.39, 0.29) is 17.5 Å². The molecule has 0 unspecified atom stereocenters. The van der Waals surface area contributed by atoms with Crippen LogP contribution in [0.1, 0.15) is 60.0 Å². The SMILES string of the molecule is C[C@H](CC(=N)C1CCC(O)(c2ncc(-c3ccccc3)s2)CC1)NC(=O)CNC(=O)c1cccc(C(F)(F)F)c1. The van der Waals surface area contributed by atoms with Gasteiger partial charge in [0.1, 0.15) is 10.6 Å². The van der Waals surface area contributed by atoms with Gasteiger partial charge in [-0.25, -0.2) is 4.98 Å². The Morgan fingerprint density at radius 2 is 1.85 bits per heavy atom. The molecule has 0 bridgehead atoms. The van der Waals surface area contributed by atoms with Gasteiger partial charge in [-0.15, -0.1) is 11.3 Å². The highest BCUT2D eigenvalue weighted by molar-refractivity contribution is 7.15. The summed E-state index contributed by atoms with van der Waals surface area (Å²) >= 11 is 1.48. The van der Waals surface area contributed by atoms with Crippen molar-refractivity contribution in [2.75, 3.05) is 6.54 Å². The average Bonchev–Trinajstić information content (AvgIpc) is 3.44. The first-order chi connectivity index (χ1) is 18.9. The molecule has 0 spiro atoms. The zero-order valence-electron chi connectivity index (χ0n) is 21.9. The Hall–Kier alpha value is -3.57. The highest BCUT2D eigenvalue weighted by atomic mass is 32.1. The smallest absolute Gasteiger partial charge is 0.383 e. The number of amides is 2. The number of carbonyl (C=O) groups is 2. The Morgan fingerprint density at radius 1 is 1.15 bits per heavy atom. The zero-order chi connectivity index (χ0) is 28.9. The van der Waals surface area contributed by atoms with Gasteiger partial charge in [-0.1, -0.05) is 36.4 Å². The molecular weight excluding hydrogens is 541 g/mol. The van der Waals surface area contributed by atoms with E-state index in [0.717, 1.165) is 28.6 Å². The predicted octanol–water partition coefficient (Wildman–Crippen LogP) is 5.55. The lowest BCUT2D eigenvalue weighted by molar-refractivity contribution is -0.137. The summed E-state index contributed by atoms with van der Waals surface area (Å²) in [4.78, 5) is 30.0. The molecule has 1 aliphatic rings. The maximum absolute atomic E-state index is 12.9. The lowest BCUT2D eigenvalue weighted by Gasteiger charge is -2.35. The summed E-state index contributed by atoms with van der Waals surface area (Å²) in [6.07, 6.45) is -0.238. The van der Waals surface area contributed by atoms with Crippen LogP contribution in [0.15, 0.2) is 60.8 Å². The van der Waals surface area contributed by atoms with Crippen molar-refractivity contribution in [3.05, 3.63) is 76.9 Å². The number of nitrogens with zero attached hydrogens (tertiary/aromatic N) is 1. The molecule has 2 amide bonds. The third kappa shape index (κ3) is 7.33. The fourth-order valence-corrected chi connectivity index (χ4v) is 5.92. The van der Waals surface area contributed by atoms with Gasteiger partial charge >= 0.3 is 6.18 Å². The van der Waals surface area contributed by atoms with Crippen LogP contribution in [0.4, 0.5) is 13.2 Å². The maximum atomic E-state index is 12.9. The predicted molar refractivity (Wildman–Crippen MR) is 147 cm³/mol. The first-order valence-electron chi connectivity index (χ1n) is 13.0. The van der Waals surface area contributed by atoms with Gasteiger partial charge in [0, 0.05) is 29.9 Å². The van der Waals surface area contributed by atoms with Gasteiger partial charge in [0.05, 0.1) is 17.0 Å². The van der Waals surface area contributed by atoms with E-state index in [1.54, 1.807) is 13.1 Å². The van der Waals surface area contributed by atoms with Crippen LogP contribution in [0.5, 0.6) is 0 Å². The average molecular weight is 573 g/mol. The van der Waals surface area contributed by atoms with E-state index in [9.17, 15) is 27.9 Å². The van der Waals surface area contributed by atoms with Gasteiger partial charge in [-0.3, -0.25) is 9.59 Å². The van der Waals surface area contributed by atoms with E-state index >= 15 is 0 Å². The number of aromatic nitrogens is 1. The molecule has 0 aliphatic heterocycles. The van der Waals surface area contributed by atoms with E-state index in [1.807, 2.05) is 30.3 Å². The summed E-state index contributed by atoms with van der Waals surface area (Å²) in [5.74, 6) is -1.31. The Bertz CT molecular complexity index is 1350. The molecule has 212 valence electrons. The highest BCUT2D eigenvalue weighted by Crippen LogP contribution is 2.43. The summed E-state index contributed by atoms with van der Waals surface area (Å²) in [6, 6.07) is 13.5. The number of nitrogens with one attached hydrogen (secondary N) is 3. The first-order valence-corrected chi connectivity index (χ1v) is 13.8. The van der Waals surface area contributed by atoms with Crippen molar-refractivity contribution < 1.29 is 27.9 Å². The van der Waals surface area contributed by atoms with Gasteiger partial charge < -0.3 is 21.1 Å². The number of halogens is 3. The number of rotatable bonds is 9. The van der Waals surface area contributed by atoms with Crippen LogP contribution in [0, 0.1) is 11.3 Å². The third-order valence-electron chi connectivity index (χ3n) is 7.06. The molecule has 0 saturated heterocycles. The van der Waals surface area contributed by atoms with Crippen molar-refractivity contribution >= 4 is 28.9 Å². The van der Waals surface area contributed by atoms with Crippen molar-refractivity contribution in [3.63, 3.8) is 0 Å². The van der Waals surface area contributed by atoms with Crippen molar-refractivity contribution in [1.29, 1.82) is 5.41 Å². The van der Waals surface area contributed by atoms with Crippen LogP contribution in [0.3, 0.4) is 0 Å². The topological polar surface area (TPSA) is 115 Å². The van der Waals surface area contributed by atoms with Crippen molar-refractivity contribution in [1.82, 2.24) is 15.6 Å². The van der Waals surface area contributed by atoms with Crippen LogP contribution in [0.2, 0.25) is 0 Å². The Balaban J connectivity index is 1.22. The number of aliphatic hydroxyl groups is 1. The van der Waals surface area contributed by atoms with Crippen molar-refractivity contribution in [2.24, 2.45) is 5.92 Å². The van der Waals surface area contributed by atoms with E-state index in [0.29, 0.717) is 42.8 Å². The minimum absolute atomic E-state index is 0.0196. The molecule has 40 heavy (non-hydrogen) atoms. The standard InChI is InChI=1S/C29H31F3N4O3S/c1-18(36-25(37)17-34-26(38)21-8-5-9-22(15-21)29(30,31)32)14-23(33)19-10-12-28(39,13-11-19)27-35-16-24(40-27)20-6-3-2-4-7-20/h2-9,15-16,18-19,33,39H,10-14,17H2,1H3,(H,34,38)(H,36,37)/t18-,19?,28?/m1/s1. The molecule has 4 rings (SSSR count). The van der Waals surface area contributed by atoms with Crippen molar-refractivity contribution in [3.8, 4) is 10.4 Å². The summed E-state index contributed by atoms with van der Waals surface area (Å²) < 4.78 is 38.6. The molecule has 1 atom stereocenters. The zero-order valence-corrected chi connectivity index (χ0v) is 22.7. The third-order valence-corrected chi connectivity index (χ3v) is 8.30. The fourth-order valence-electron chi connectivity index (χ4n) is 4.86. The van der Waals surface area contributed by atoms with Gasteiger partial charge in [0.25, 0.3) is 5.91 Å². The van der Waals surface area contributed by atoms with Crippen LogP contribution < -0.4 is 10.6 Å². The van der Waals surface area contributed by atoms with Crippen LogP contribution in [0.25, 0.3) is 10.4 Å². The number of carbonyl (C=O) groups excluding carboxylic acids is 2. The molecule has 1 fully saturated rings. The summed E-state index contributed by atoms with van der Waals surface area (Å²) in [7, 11) is 0. The molecule has 0 radical (unpaired) electrons. The molecule has 1 heterocycles. The molecule has 1 aliphatic carbocycles. The molecule has 7 nitrogen and oxygen atoms in total. The van der Waals surface area contributed by atoms with Gasteiger partial charge in [0.2, 0.25) is 5.91 Å². The Morgan fingerprint density at radius 3 is 2.52 bits per heavy atom. The molecule has 1 aromatic heterocycles. The number of hydrogen-bond donors (Lipinski definition) is 4. The summed E-state index contributed by atoms with van der Waals surface area (Å²) in [5.41, 5.74) is -0.625. The van der Waals surface area contributed by atoms with Gasteiger partial charge in [-0.2, -0.15) is 13.2 Å². The van der Waals surface area contributed by atoms with E-state index in [4.69, 9.17) is 5.41 Å². The monoisotopic (exact) mass is 572 g/mol. The van der Waals surface area contributed by atoms with E-state index in [1.165, 1.54) is 17.4 Å². The molecule has 4 N–H and O–H groups in total. The minimum atomic E-state index is -4.57. The fraction of sp³-hybridized carbons (Fsp3) is 0.379. The molecule has 1 saturated carbocycles. The van der Waals surface area contributed by atoms with Crippen LogP contribution in [-0.4, -0.2) is 40.2 Å².